The third-order valence-electron chi connectivity index (χ3n) is 4.96. The van der Waals surface area contributed by atoms with Gasteiger partial charge < -0.3 is 14.8 Å². The molecule has 158 valence electrons. The predicted molar refractivity (Wildman–Crippen MR) is 118 cm³/mol. The van der Waals surface area contributed by atoms with Crippen molar-refractivity contribution in [1.29, 1.82) is 0 Å². The minimum atomic E-state index is -0.358. The Morgan fingerprint density at radius 1 is 1.06 bits per heavy atom. The molecule has 1 amide bonds. The summed E-state index contributed by atoms with van der Waals surface area (Å²) in [4.78, 5) is 12.8. The van der Waals surface area contributed by atoms with Crippen molar-refractivity contribution in [2.24, 2.45) is 0 Å². The van der Waals surface area contributed by atoms with Crippen LogP contribution >= 0.6 is 0 Å². The molecule has 8 heteroatoms. The lowest BCUT2D eigenvalue weighted by molar-refractivity contribution is 0.102. The SMILES string of the molecule is CCOc1ccc(NC(=O)c2nnc3c(-c4ccccc4OC)c(C)nn3c2C)cc1. The minimum absolute atomic E-state index is 0.204. The lowest BCUT2D eigenvalue weighted by atomic mass is 10.1. The standard InChI is InChI=1S/C23H23N5O3/c1-5-31-17-12-10-16(11-13-17)24-23(29)21-15(3)28-22(26-25-21)20(14(2)27-28)18-8-6-7-9-19(18)30-4/h6-13H,5H2,1-4H3,(H,24,29). The van der Waals surface area contributed by atoms with Crippen LogP contribution in [-0.4, -0.2) is 39.4 Å². The number of aromatic nitrogens is 4. The largest absolute Gasteiger partial charge is 0.496 e. The number of carbonyl (C=O) groups is 1. The Morgan fingerprint density at radius 3 is 2.52 bits per heavy atom. The van der Waals surface area contributed by atoms with Crippen LogP contribution in [0.25, 0.3) is 16.8 Å². The van der Waals surface area contributed by atoms with Crippen LogP contribution in [0.4, 0.5) is 5.69 Å². The molecule has 2 heterocycles. The number of anilines is 1. The highest BCUT2D eigenvalue weighted by Gasteiger charge is 2.22. The maximum Gasteiger partial charge on any atom is 0.278 e. The molecule has 0 spiro atoms. The minimum Gasteiger partial charge on any atom is -0.496 e. The van der Waals surface area contributed by atoms with Crippen molar-refractivity contribution in [3.63, 3.8) is 0 Å². The maximum atomic E-state index is 12.8. The van der Waals surface area contributed by atoms with Crippen molar-refractivity contribution in [2.75, 3.05) is 19.0 Å². The van der Waals surface area contributed by atoms with Crippen molar-refractivity contribution >= 4 is 17.2 Å². The molecule has 2 aromatic heterocycles. The molecule has 2 aromatic carbocycles. The molecule has 0 saturated heterocycles. The van der Waals surface area contributed by atoms with E-state index in [4.69, 9.17) is 9.47 Å². The molecule has 4 aromatic rings. The van der Waals surface area contributed by atoms with Crippen LogP contribution in [0.2, 0.25) is 0 Å². The van der Waals surface area contributed by atoms with E-state index in [2.05, 4.69) is 20.6 Å². The second kappa shape index (κ2) is 8.43. The zero-order chi connectivity index (χ0) is 22.0. The number of fused-ring (bicyclic) bond motifs is 1. The van der Waals surface area contributed by atoms with Crippen LogP contribution in [0.1, 0.15) is 28.8 Å². The van der Waals surface area contributed by atoms with Gasteiger partial charge in [-0.15, -0.1) is 10.2 Å². The molecule has 0 aliphatic rings. The second-order valence-corrected chi connectivity index (χ2v) is 6.94. The van der Waals surface area contributed by atoms with Gasteiger partial charge in [-0.25, -0.2) is 4.52 Å². The number of carbonyl (C=O) groups excluding carboxylic acids is 1. The first-order valence-corrected chi connectivity index (χ1v) is 9.93. The Hall–Kier alpha value is -3.94. The molecule has 0 unspecified atom stereocenters. The van der Waals surface area contributed by atoms with E-state index in [-0.39, 0.29) is 11.6 Å². The van der Waals surface area contributed by atoms with Crippen molar-refractivity contribution < 1.29 is 14.3 Å². The van der Waals surface area contributed by atoms with E-state index in [9.17, 15) is 4.79 Å². The Balaban J connectivity index is 1.69. The topological polar surface area (TPSA) is 90.6 Å². The molecule has 0 aliphatic carbocycles. The Bertz CT molecular complexity index is 1250. The number of amides is 1. The van der Waals surface area contributed by atoms with E-state index in [0.29, 0.717) is 23.6 Å². The number of aryl methyl sites for hydroxylation is 2. The molecule has 0 atom stereocenters. The third kappa shape index (κ3) is 3.79. The molecule has 0 aliphatic heterocycles. The molecule has 0 bridgehead atoms. The summed E-state index contributed by atoms with van der Waals surface area (Å²) in [6.45, 7) is 6.20. The van der Waals surface area contributed by atoms with Gasteiger partial charge >= 0.3 is 0 Å². The highest BCUT2D eigenvalue weighted by atomic mass is 16.5. The van der Waals surface area contributed by atoms with Crippen LogP contribution in [0.3, 0.4) is 0 Å². The monoisotopic (exact) mass is 417 g/mol. The van der Waals surface area contributed by atoms with Gasteiger partial charge in [-0.1, -0.05) is 18.2 Å². The van der Waals surface area contributed by atoms with Gasteiger partial charge in [-0.2, -0.15) is 5.10 Å². The fourth-order valence-corrected chi connectivity index (χ4v) is 3.48. The average Bonchev–Trinajstić information content (AvgIpc) is 3.12. The number of hydrogen-bond donors (Lipinski definition) is 1. The van der Waals surface area contributed by atoms with Crippen molar-refractivity contribution in [2.45, 2.75) is 20.8 Å². The van der Waals surface area contributed by atoms with Gasteiger partial charge in [0, 0.05) is 11.3 Å². The van der Waals surface area contributed by atoms with Gasteiger partial charge in [0.15, 0.2) is 11.3 Å². The first-order chi connectivity index (χ1) is 15.0. The van der Waals surface area contributed by atoms with Gasteiger partial charge in [0.25, 0.3) is 5.91 Å². The lowest BCUT2D eigenvalue weighted by Gasteiger charge is -2.09. The first-order valence-electron chi connectivity index (χ1n) is 9.93. The summed E-state index contributed by atoms with van der Waals surface area (Å²) in [6.07, 6.45) is 0. The fourth-order valence-electron chi connectivity index (χ4n) is 3.48. The summed E-state index contributed by atoms with van der Waals surface area (Å²) in [5.74, 6) is 1.11. The third-order valence-corrected chi connectivity index (χ3v) is 4.96. The Kier molecular flexibility index (Phi) is 5.53. The van der Waals surface area contributed by atoms with Gasteiger partial charge in [0.2, 0.25) is 0 Å². The van der Waals surface area contributed by atoms with Gasteiger partial charge in [-0.3, -0.25) is 4.79 Å². The lowest BCUT2D eigenvalue weighted by Crippen LogP contribution is -2.18. The van der Waals surface area contributed by atoms with Crippen LogP contribution in [0.15, 0.2) is 48.5 Å². The number of hydrogen-bond acceptors (Lipinski definition) is 6. The van der Waals surface area contributed by atoms with Crippen LogP contribution in [-0.2, 0) is 0 Å². The molecule has 8 nitrogen and oxygen atoms in total. The number of rotatable bonds is 6. The van der Waals surface area contributed by atoms with E-state index < -0.39 is 0 Å². The molecule has 0 saturated carbocycles. The van der Waals surface area contributed by atoms with E-state index in [0.717, 1.165) is 28.3 Å². The summed E-state index contributed by atoms with van der Waals surface area (Å²) in [5.41, 5.74) is 4.47. The van der Waals surface area contributed by atoms with Crippen LogP contribution < -0.4 is 14.8 Å². The van der Waals surface area contributed by atoms with Crippen LogP contribution in [0, 0.1) is 13.8 Å². The smallest absolute Gasteiger partial charge is 0.278 e. The average molecular weight is 417 g/mol. The summed E-state index contributed by atoms with van der Waals surface area (Å²) in [6, 6.07) is 14.8. The molecule has 4 rings (SSSR count). The molecular formula is C23H23N5O3. The van der Waals surface area contributed by atoms with E-state index >= 15 is 0 Å². The number of nitrogens with one attached hydrogen (secondary N) is 1. The number of benzene rings is 2. The molecule has 1 N–H and O–H groups in total. The van der Waals surface area contributed by atoms with Gasteiger partial charge in [0.05, 0.1) is 30.7 Å². The first kappa shape index (κ1) is 20.3. The molecule has 0 fully saturated rings. The zero-order valence-corrected chi connectivity index (χ0v) is 17.8. The van der Waals surface area contributed by atoms with Gasteiger partial charge in [0.1, 0.15) is 11.5 Å². The second-order valence-electron chi connectivity index (χ2n) is 6.94. The molecule has 0 radical (unpaired) electrons. The van der Waals surface area contributed by atoms with Crippen LogP contribution in [0.5, 0.6) is 11.5 Å². The van der Waals surface area contributed by atoms with Crippen molar-refractivity contribution in [3.8, 4) is 22.6 Å². The summed E-state index contributed by atoms with van der Waals surface area (Å²) in [5, 5.41) is 16.0. The molecular weight excluding hydrogens is 394 g/mol. The Morgan fingerprint density at radius 2 is 1.81 bits per heavy atom. The van der Waals surface area contributed by atoms with Gasteiger partial charge in [-0.05, 0) is 51.1 Å². The normalized spacial score (nSPS) is 10.8. The van der Waals surface area contributed by atoms with Crippen molar-refractivity contribution in [1.82, 2.24) is 19.8 Å². The van der Waals surface area contributed by atoms with Crippen molar-refractivity contribution in [3.05, 3.63) is 65.6 Å². The van der Waals surface area contributed by atoms with E-state index in [1.54, 1.807) is 42.8 Å². The summed E-state index contributed by atoms with van der Waals surface area (Å²) < 4.78 is 12.6. The van der Waals surface area contributed by atoms with E-state index in [1.165, 1.54) is 0 Å². The maximum absolute atomic E-state index is 12.8. The number of nitrogens with zero attached hydrogens (tertiary/aromatic N) is 4. The van der Waals surface area contributed by atoms with E-state index in [1.807, 2.05) is 38.1 Å². The number of ether oxygens (including phenoxy) is 2. The highest BCUT2D eigenvalue weighted by molar-refractivity contribution is 6.03. The highest BCUT2D eigenvalue weighted by Crippen LogP contribution is 2.34. The number of methoxy groups -OCH3 is 1. The predicted octanol–water partition coefficient (Wildman–Crippen LogP) is 4.07. The quantitative estimate of drug-likeness (QED) is 0.509. The molecule has 31 heavy (non-hydrogen) atoms. The summed E-state index contributed by atoms with van der Waals surface area (Å²) >= 11 is 0. The zero-order valence-electron chi connectivity index (χ0n) is 17.8. The fraction of sp³-hybridized carbons (Fsp3) is 0.217. The number of para-hydroxylation sites is 1. The Labute approximate surface area is 179 Å². The summed E-state index contributed by atoms with van der Waals surface area (Å²) in [7, 11) is 1.63.